The first-order valence-electron chi connectivity index (χ1n) is 11.6. The lowest BCUT2D eigenvalue weighted by Crippen LogP contribution is -2.56. The third kappa shape index (κ3) is 9.61. The van der Waals surface area contributed by atoms with Gasteiger partial charge in [-0.2, -0.15) is 0 Å². The van der Waals surface area contributed by atoms with E-state index in [1.807, 2.05) is 30.3 Å². The van der Waals surface area contributed by atoms with Crippen LogP contribution in [-0.2, 0) is 25.6 Å². The third-order valence-electron chi connectivity index (χ3n) is 5.60. The molecule has 1 saturated heterocycles. The Hall–Kier alpha value is -3.67. The van der Waals surface area contributed by atoms with E-state index >= 15 is 0 Å². The van der Waals surface area contributed by atoms with Gasteiger partial charge in [0.25, 0.3) is 0 Å². The summed E-state index contributed by atoms with van der Waals surface area (Å²) in [5.41, 5.74) is 11.3. The molecule has 35 heavy (non-hydrogen) atoms. The van der Waals surface area contributed by atoms with Crippen molar-refractivity contribution in [3.63, 3.8) is 0 Å². The van der Waals surface area contributed by atoms with E-state index in [1.165, 1.54) is 6.92 Å². The van der Waals surface area contributed by atoms with E-state index in [0.29, 0.717) is 12.8 Å². The topological polar surface area (TPSA) is 201 Å². The highest BCUT2D eigenvalue weighted by Gasteiger charge is 2.30. The van der Waals surface area contributed by atoms with Crippen LogP contribution in [0.25, 0.3) is 0 Å². The van der Waals surface area contributed by atoms with E-state index in [1.54, 1.807) is 0 Å². The molecule has 1 heterocycles. The molecule has 192 valence electrons. The van der Waals surface area contributed by atoms with Gasteiger partial charge in [-0.25, -0.2) is 4.79 Å². The van der Waals surface area contributed by atoms with Gasteiger partial charge in [-0.15, -0.1) is 0 Å². The highest BCUT2D eigenvalue weighted by atomic mass is 16.4. The number of guanidine groups is 1. The number of aliphatic imine (C=N–C) groups is 1. The Morgan fingerprint density at radius 2 is 1.80 bits per heavy atom. The first-order valence-corrected chi connectivity index (χ1v) is 11.6. The molecule has 12 nitrogen and oxygen atoms in total. The molecule has 1 aromatic rings. The van der Waals surface area contributed by atoms with Crippen molar-refractivity contribution in [1.82, 2.24) is 21.3 Å². The molecule has 4 atom stereocenters. The summed E-state index contributed by atoms with van der Waals surface area (Å²) >= 11 is 0. The van der Waals surface area contributed by atoms with Gasteiger partial charge in [0, 0.05) is 13.0 Å². The molecule has 9 N–H and O–H groups in total. The summed E-state index contributed by atoms with van der Waals surface area (Å²) in [7, 11) is 0. The molecule has 0 radical (unpaired) electrons. The minimum atomic E-state index is -1.21. The summed E-state index contributed by atoms with van der Waals surface area (Å²) in [5.74, 6) is -2.78. The Morgan fingerprint density at radius 1 is 1.09 bits per heavy atom. The number of hydrogen-bond acceptors (Lipinski definition) is 6. The largest absolute Gasteiger partial charge is 0.480 e. The Morgan fingerprint density at radius 3 is 2.40 bits per heavy atom. The zero-order valence-corrected chi connectivity index (χ0v) is 19.8. The normalized spacial score (nSPS) is 17.5. The quantitative estimate of drug-likeness (QED) is 0.0995. The molecule has 1 aliphatic rings. The van der Waals surface area contributed by atoms with Crippen molar-refractivity contribution >= 4 is 29.7 Å². The van der Waals surface area contributed by atoms with Crippen LogP contribution < -0.4 is 32.7 Å². The van der Waals surface area contributed by atoms with Crippen LogP contribution in [0, 0.1) is 0 Å². The maximum atomic E-state index is 13.0. The number of nitrogens with two attached hydrogens (primary N) is 2. The first-order chi connectivity index (χ1) is 16.7. The zero-order chi connectivity index (χ0) is 25.8. The van der Waals surface area contributed by atoms with Gasteiger partial charge in [0.15, 0.2) is 5.96 Å². The van der Waals surface area contributed by atoms with Gasteiger partial charge in [0.1, 0.15) is 18.1 Å². The molecule has 0 spiro atoms. The van der Waals surface area contributed by atoms with Crippen LogP contribution in [0.5, 0.6) is 0 Å². The Kier molecular flexibility index (Phi) is 10.9. The summed E-state index contributed by atoms with van der Waals surface area (Å²) in [4.78, 5) is 53.6. The van der Waals surface area contributed by atoms with Crippen molar-refractivity contribution in [3.8, 4) is 0 Å². The number of carbonyl (C=O) groups excluding carboxylic acids is 3. The molecule has 0 saturated carbocycles. The van der Waals surface area contributed by atoms with Crippen molar-refractivity contribution < 1.29 is 24.3 Å². The second-order valence-corrected chi connectivity index (χ2v) is 8.48. The molecule has 1 fully saturated rings. The number of rotatable bonds is 13. The lowest BCUT2D eigenvalue weighted by molar-refractivity contribution is -0.142. The lowest BCUT2D eigenvalue weighted by Gasteiger charge is -2.23. The van der Waals surface area contributed by atoms with Gasteiger partial charge in [-0.1, -0.05) is 30.3 Å². The average molecular weight is 490 g/mol. The van der Waals surface area contributed by atoms with Crippen LogP contribution in [0.1, 0.15) is 38.2 Å². The van der Waals surface area contributed by atoms with Gasteiger partial charge in [0.2, 0.25) is 17.7 Å². The summed E-state index contributed by atoms with van der Waals surface area (Å²) in [6.45, 7) is 2.41. The smallest absolute Gasteiger partial charge is 0.326 e. The predicted molar refractivity (Wildman–Crippen MR) is 130 cm³/mol. The van der Waals surface area contributed by atoms with Crippen LogP contribution in [-0.4, -0.2) is 72.0 Å². The van der Waals surface area contributed by atoms with Crippen LogP contribution in [0.4, 0.5) is 0 Å². The molecule has 1 aromatic carbocycles. The molecule has 0 aliphatic carbocycles. The summed E-state index contributed by atoms with van der Waals surface area (Å²) in [6, 6.07) is 5.75. The van der Waals surface area contributed by atoms with Gasteiger partial charge >= 0.3 is 5.97 Å². The number of carboxylic acid groups (broad SMARTS) is 1. The molecule has 4 unspecified atom stereocenters. The molecule has 12 heteroatoms. The number of hydrogen-bond donors (Lipinski definition) is 7. The summed E-state index contributed by atoms with van der Waals surface area (Å²) in [6.07, 6.45) is 2.25. The molecule has 2 rings (SSSR count). The fraction of sp³-hybridized carbons (Fsp3) is 0.522. The average Bonchev–Trinajstić information content (AvgIpc) is 3.36. The van der Waals surface area contributed by atoms with Gasteiger partial charge < -0.3 is 37.8 Å². The second-order valence-electron chi connectivity index (χ2n) is 8.48. The van der Waals surface area contributed by atoms with Gasteiger partial charge in [-0.3, -0.25) is 19.4 Å². The third-order valence-corrected chi connectivity index (χ3v) is 5.60. The minimum absolute atomic E-state index is 0.0990. The first kappa shape index (κ1) is 27.6. The van der Waals surface area contributed by atoms with E-state index < -0.39 is 35.9 Å². The number of carbonyl (C=O) groups is 4. The van der Waals surface area contributed by atoms with E-state index in [2.05, 4.69) is 26.3 Å². The zero-order valence-electron chi connectivity index (χ0n) is 19.8. The molecular weight excluding hydrogens is 454 g/mol. The maximum absolute atomic E-state index is 13.0. The van der Waals surface area contributed by atoms with Crippen molar-refractivity contribution in [2.75, 3.05) is 13.1 Å². The Bertz CT molecular complexity index is 899. The Labute approximate surface area is 204 Å². The molecule has 0 aromatic heterocycles. The van der Waals surface area contributed by atoms with Crippen LogP contribution in [0.15, 0.2) is 35.3 Å². The van der Waals surface area contributed by atoms with Crippen molar-refractivity contribution in [1.29, 1.82) is 0 Å². The highest BCUT2D eigenvalue weighted by molar-refractivity contribution is 5.94. The fourth-order valence-corrected chi connectivity index (χ4v) is 3.68. The second kappa shape index (κ2) is 13.9. The summed E-state index contributed by atoms with van der Waals surface area (Å²) in [5, 5.41) is 20.3. The van der Waals surface area contributed by atoms with E-state index in [4.69, 9.17) is 11.5 Å². The van der Waals surface area contributed by atoms with Crippen molar-refractivity contribution in [2.45, 2.75) is 63.2 Å². The lowest BCUT2D eigenvalue weighted by atomic mass is 10.0. The maximum Gasteiger partial charge on any atom is 0.326 e. The number of benzene rings is 1. The minimum Gasteiger partial charge on any atom is -0.480 e. The van der Waals surface area contributed by atoms with Crippen molar-refractivity contribution in [3.05, 3.63) is 35.9 Å². The number of aliphatic carboxylic acids is 1. The standard InChI is InChI=1S/C23H35N7O5/c1-14(19(31)29-17(22(34)35)10-6-12-27-23(24)25)28-21(33)18(13-15-7-3-2-4-8-15)30-20(32)16-9-5-11-26-16/h2-4,7-8,14,16-18,26H,5-6,9-13H2,1H3,(H,28,33)(H,29,31)(H,30,32)(H,34,35)(H4,24,25,27). The predicted octanol–water partition coefficient (Wildman–Crippen LogP) is -1.41. The van der Waals surface area contributed by atoms with E-state index in [0.717, 1.165) is 18.5 Å². The molecular formula is C23H35N7O5. The van der Waals surface area contributed by atoms with Crippen LogP contribution in [0.2, 0.25) is 0 Å². The number of amides is 3. The molecule has 1 aliphatic heterocycles. The fourth-order valence-electron chi connectivity index (χ4n) is 3.68. The van der Waals surface area contributed by atoms with Crippen LogP contribution >= 0.6 is 0 Å². The molecule has 3 amide bonds. The SMILES string of the molecule is CC(NC(=O)C(Cc1ccccc1)NC(=O)C1CCCN1)C(=O)NC(CCCN=C(N)N)C(=O)O. The molecule has 0 bridgehead atoms. The van der Waals surface area contributed by atoms with Gasteiger partial charge in [-0.05, 0) is 44.7 Å². The monoisotopic (exact) mass is 489 g/mol. The van der Waals surface area contributed by atoms with E-state index in [-0.39, 0.29) is 37.3 Å². The van der Waals surface area contributed by atoms with Crippen LogP contribution in [0.3, 0.4) is 0 Å². The summed E-state index contributed by atoms with van der Waals surface area (Å²) < 4.78 is 0. The Balaban J connectivity index is 1.98. The number of nitrogens with one attached hydrogen (secondary N) is 4. The number of carboxylic acids is 1. The highest BCUT2D eigenvalue weighted by Crippen LogP contribution is 2.08. The van der Waals surface area contributed by atoms with Gasteiger partial charge in [0.05, 0.1) is 6.04 Å². The van der Waals surface area contributed by atoms with Crippen molar-refractivity contribution in [2.24, 2.45) is 16.5 Å². The van der Waals surface area contributed by atoms with E-state index in [9.17, 15) is 24.3 Å². The number of nitrogens with zero attached hydrogens (tertiary/aromatic N) is 1.